The van der Waals surface area contributed by atoms with Crippen LogP contribution < -0.4 is 15.8 Å². The van der Waals surface area contributed by atoms with Crippen molar-refractivity contribution in [3.8, 4) is 5.75 Å². The number of halogens is 3. The fraction of sp³-hybridized carbons (Fsp3) is 0.0714. The van der Waals surface area contributed by atoms with Gasteiger partial charge < -0.3 is 15.8 Å². The van der Waals surface area contributed by atoms with Crippen molar-refractivity contribution >= 4 is 40.5 Å². The van der Waals surface area contributed by atoms with E-state index in [-0.39, 0.29) is 17.3 Å². The van der Waals surface area contributed by atoms with E-state index in [1.54, 1.807) is 12.1 Å². The number of ether oxygens (including phenoxy) is 1. The van der Waals surface area contributed by atoms with Gasteiger partial charge in [0.05, 0.1) is 10.7 Å². The highest BCUT2D eigenvalue weighted by molar-refractivity contribution is 6.35. The van der Waals surface area contributed by atoms with E-state index in [2.05, 4.69) is 5.32 Å². The summed E-state index contributed by atoms with van der Waals surface area (Å²) in [5, 5.41) is 3.10. The van der Waals surface area contributed by atoms with Crippen LogP contribution in [0.25, 0.3) is 0 Å². The van der Waals surface area contributed by atoms with Crippen molar-refractivity contribution in [1.82, 2.24) is 0 Å². The number of nitrogens with two attached hydrogens (primary N) is 1. The molecule has 0 saturated heterocycles. The highest BCUT2D eigenvalue weighted by atomic mass is 35.5. The number of rotatable bonds is 4. The third-order valence-corrected chi connectivity index (χ3v) is 3.05. The van der Waals surface area contributed by atoms with Gasteiger partial charge in [0.1, 0.15) is 11.6 Å². The van der Waals surface area contributed by atoms with E-state index in [0.717, 1.165) is 0 Å². The van der Waals surface area contributed by atoms with E-state index >= 15 is 0 Å². The molecule has 0 radical (unpaired) electrons. The molecule has 2 aromatic rings. The molecule has 0 fully saturated rings. The summed E-state index contributed by atoms with van der Waals surface area (Å²) in [4.78, 5) is 11.7. The quantitative estimate of drug-likeness (QED) is 0.840. The Bertz CT molecular complexity index is 680. The second-order valence-corrected chi connectivity index (χ2v) is 4.99. The minimum Gasteiger partial charge on any atom is -0.482 e. The lowest BCUT2D eigenvalue weighted by atomic mass is 10.2. The molecule has 21 heavy (non-hydrogen) atoms. The molecule has 0 aliphatic carbocycles. The Morgan fingerprint density at radius 2 is 2.00 bits per heavy atom. The summed E-state index contributed by atoms with van der Waals surface area (Å²) in [5.41, 5.74) is 5.86. The van der Waals surface area contributed by atoms with Gasteiger partial charge in [-0.15, -0.1) is 0 Å². The van der Waals surface area contributed by atoms with Crippen LogP contribution in [-0.2, 0) is 4.79 Å². The van der Waals surface area contributed by atoms with Crippen LogP contribution in [0.3, 0.4) is 0 Å². The van der Waals surface area contributed by atoms with Crippen molar-refractivity contribution in [2.24, 2.45) is 0 Å². The largest absolute Gasteiger partial charge is 0.482 e. The van der Waals surface area contributed by atoms with Gasteiger partial charge in [0.25, 0.3) is 5.91 Å². The van der Waals surface area contributed by atoms with Crippen LogP contribution in [0.15, 0.2) is 36.4 Å². The third kappa shape index (κ3) is 4.24. The number of benzene rings is 2. The van der Waals surface area contributed by atoms with E-state index in [4.69, 9.17) is 33.7 Å². The summed E-state index contributed by atoms with van der Waals surface area (Å²) in [7, 11) is 0. The molecule has 0 aromatic heterocycles. The molecule has 110 valence electrons. The molecule has 0 unspecified atom stereocenters. The number of nitrogen functional groups attached to an aromatic ring is 1. The Kier molecular flexibility index (Phi) is 4.88. The fourth-order valence-corrected chi connectivity index (χ4v) is 2.02. The van der Waals surface area contributed by atoms with E-state index < -0.39 is 11.7 Å². The van der Waals surface area contributed by atoms with E-state index in [9.17, 15) is 9.18 Å². The zero-order chi connectivity index (χ0) is 15.4. The second kappa shape index (κ2) is 6.65. The first kappa shape index (κ1) is 15.4. The number of anilines is 2. The first-order valence-electron chi connectivity index (χ1n) is 5.88. The number of carbonyl (C=O) groups excluding carboxylic acids is 1. The monoisotopic (exact) mass is 328 g/mol. The lowest BCUT2D eigenvalue weighted by Gasteiger charge is -2.10. The molecular formula is C14H11Cl2FN2O2. The topological polar surface area (TPSA) is 64.3 Å². The molecular weight excluding hydrogens is 318 g/mol. The van der Waals surface area contributed by atoms with Crippen LogP contribution >= 0.6 is 23.2 Å². The molecule has 0 heterocycles. The zero-order valence-electron chi connectivity index (χ0n) is 10.7. The van der Waals surface area contributed by atoms with Crippen LogP contribution in [0, 0.1) is 5.82 Å². The average molecular weight is 329 g/mol. The standard InChI is InChI=1S/C14H11Cl2FN2O2/c15-8-1-4-13(10(16)5-8)21-7-14(20)19-12-6-9(18)2-3-11(12)17/h1-6H,7,18H2,(H,19,20). The zero-order valence-corrected chi connectivity index (χ0v) is 12.2. The van der Waals surface area contributed by atoms with Gasteiger partial charge in [-0.2, -0.15) is 0 Å². The molecule has 0 aliphatic rings. The van der Waals surface area contributed by atoms with Crippen LogP contribution in [0.5, 0.6) is 5.75 Å². The third-order valence-electron chi connectivity index (χ3n) is 2.52. The second-order valence-electron chi connectivity index (χ2n) is 4.15. The molecule has 0 saturated carbocycles. The molecule has 0 spiro atoms. The molecule has 2 rings (SSSR count). The normalized spacial score (nSPS) is 10.2. The minimum atomic E-state index is -0.581. The Labute approximate surface area is 130 Å². The van der Waals surface area contributed by atoms with Gasteiger partial charge in [0.2, 0.25) is 0 Å². The van der Waals surface area contributed by atoms with Crippen molar-refractivity contribution in [2.75, 3.05) is 17.7 Å². The van der Waals surface area contributed by atoms with Gasteiger partial charge in [-0.3, -0.25) is 4.79 Å². The van der Waals surface area contributed by atoms with Crippen LogP contribution in [0.1, 0.15) is 0 Å². The molecule has 1 amide bonds. The van der Waals surface area contributed by atoms with Gasteiger partial charge >= 0.3 is 0 Å². The number of hydrogen-bond donors (Lipinski definition) is 2. The molecule has 0 bridgehead atoms. The smallest absolute Gasteiger partial charge is 0.262 e. The SMILES string of the molecule is Nc1ccc(F)c(NC(=O)COc2ccc(Cl)cc2Cl)c1. The maximum atomic E-state index is 13.5. The summed E-state index contributed by atoms with van der Waals surface area (Å²) in [6.07, 6.45) is 0. The van der Waals surface area contributed by atoms with Crippen molar-refractivity contribution in [2.45, 2.75) is 0 Å². The van der Waals surface area contributed by atoms with Gasteiger partial charge in [0.15, 0.2) is 6.61 Å². The predicted molar refractivity (Wildman–Crippen MR) is 81.4 cm³/mol. The Morgan fingerprint density at radius 3 is 2.71 bits per heavy atom. The Balaban J connectivity index is 1.97. The highest BCUT2D eigenvalue weighted by Crippen LogP contribution is 2.27. The Hall–Kier alpha value is -1.98. The van der Waals surface area contributed by atoms with Gasteiger partial charge in [-0.1, -0.05) is 23.2 Å². The number of amides is 1. The van der Waals surface area contributed by atoms with E-state index in [1.165, 1.54) is 24.3 Å². The van der Waals surface area contributed by atoms with E-state index in [0.29, 0.717) is 16.5 Å². The average Bonchev–Trinajstić information content (AvgIpc) is 2.42. The Morgan fingerprint density at radius 1 is 1.24 bits per heavy atom. The van der Waals surface area contributed by atoms with Crippen molar-refractivity contribution in [3.05, 3.63) is 52.3 Å². The summed E-state index contributed by atoms with van der Waals surface area (Å²) in [5.74, 6) is -0.808. The molecule has 4 nitrogen and oxygen atoms in total. The summed E-state index contributed by atoms with van der Waals surface area (Å²) in [6, 6.07) is 8.50. The lowest BCUT2D eigenvalue weighted by Crippen LogP contribution is -2.21. The minimum absolute atomic E-state index is 0.00852. The van der Waals surface area contributed by atoms with Gasteiger partial charge in [0, 0.05) is 10.7 Å². The number of carbonyl (C=O) groups is 1. The van der Waals surface area contributed by atoms with E-state index in [1.807, 2.05) is 0 Å². The number of nitrogens with one attached hydrogen (secondary N) is 1. The van der Waals surface area contributed by atoms with Crippen molar-refractivity contribution in [1.29, 1.82) is 0 Å². The van der Waals surface area contributed by atoms with Crippen molar-refractivity contribution < 1.29 is 13.9 Å². The molecule has 0 aliphatic heterocycles. The predicted octanol–water partition coefficient (Wildman–Crippen LogP) is 3.73. The number of hydrogen-bond acceptors (Lipinski definition) is 3. The van der Waals surface area contributed by atoms with Gasteiger partial charge in [-0.05, 0) is 36.4 Å². The fourth-order valence-electron chi connectivity index (χ4n) is 1.56. The molecule has 7 heteroatoms. The first-order chi connectivity index (χ1) is 9.95. The molecule has 0 atom stereocenters. The molecule has 3 N–H and O–H groups in total. The maximum absolute atomic E-state index is 13.5. The molecule has 2 aromatic carbocycles. The lowest BCUT2D eigenvalue weighted by molar-refractivity contribution is -0.118. The van der Waals surface area contributed by atoms with Crippen LogP contribution in [0.2, 0.25) is 10.0 Å². The first-order valence-corrected chi connectivity index (χ1v) is 6.64. The highest BCUT2D eigenvalue weighted by Gasteiger charge is 2.09. The van der Waals surface area contributed by atoms with Crippen LogP contribution in [0.4, 0.5) is 15.8 Å². The summed E-state index contributed by atoms with van der Waals surface area (Å²) in [6.45, 7) is -0.324. The summed E-state index contributed by atoms with van der Waals surface area (Å²) >= 11 is 11.6. The van der Waals surface area contributed by atoms with Crippen LogP contribution in [-0.4, -0.2) is 12.5 Å². The maximum Gasteiger partial charge on any atom is 0.262 e. The summed E-state index contributed by atoms with van der Waals surface area (Å²) < 4.78 is 18.7. The van der Waals surface area contributed by atoms with Crippen molar-refractivity contribution in [3.63, 3.8) is 0 Å². The van der Waals surface area contributed by atoms with Gasteiger partial charge in [-0.25, -0.2) is 4.39 Å².